The van der Waals surface area contributed by atoms with Gasteiger partial charge in [0.25, 0.3) is 0 Å². The molecule has 5 heteroatoms. The van der Waals surface area contributed by atoms with Gasteiger partial charge in [-0.2, -0.15) is 0 Å². The lowest BCUT2D eigenvalue weighted by molar-refractivity contribution is -0.121. The zero-order valence-corrected chi connectivity index (χ0v) is 13.7. The molecule has 3 aromatic rings. The van der Waals surface area contributed by atoms with Crippen LogP contribution in [-0.4, -0.2) is 10.9 Å². The first-order valence-corrected chi connectivity index (χ1v) is 8.08. The van der Waals surface area contributed by atoms with E-state index in [1.54, 1.807) is 18.5 Å². The summed E-state index contributed by atoms with van der Waals surface area (Å²) in [7, 11) is 0. The number of aryl methyl sites for hydroxylation is 1. The number of pyridine rings is 1. The zero-order valence-electron chi connectivity index (χ0n) is 13.0. The molecule has 1 aromatic carbocycles. The minimum atomic E-state index is -0.339. The molecular weight excluding hydrogens is 324 g/mol. The fraction of sp³-hybridized carbons (Fsp3) is 0.158. The van der Waals surface area contributed by atoms with Crippen LogP contribution in [0.2, 0.25) is 5.02 Å². The SMILES string of the molecule is O=C(CCc1ccco1)N[C@H](c1cccc(Cl)c1)c1ccccn1. The summed E-state index contributed by atoms with van der Waals surface area (Å²) < 4.78 is 5.26. The van der Waals surface area contributed by atoms with E-state index in [1.165, 1.54) is 0 Å². The molecule has 0 aliphatic rings. The average Bonchev–Trinajstić information content (AvgIpc) is 3.12. The summed E-state index contributed by atoms with van der Waals surface area (Å²) in [4.78, 5) is 16.7. The van der Waals surface area contributed by atoms with Crippen LogP contribution in [0.4, 0.5) is 0 Å². The molecule has 0 saturated heterocycles. The number of hydrogen-bond acceptors (Lipinski definition) is 3. The Morgan fingerprint density at radius 1 is 1.17 bits per heavy atom. The normalized spacial score (nSPS) is 11.9. The van der Waals surface area contributed by atoms with Gasteiger partial charge >= 0.3 is 0 Å². The van der Waals surface area contributed by atoms with Crippen molar-refractivity contribution in [1.82, 2.24) is 10.3 Å². The molecule has 0 bridgehead atoms. The number of carbonyl (C=O) groups excluding carboxylic acids is 1. The molecular formula is C19H17ClN2O2. The Kier molecular flexibility index (Phi) is 5.29. The van der Waals surface area contributed by atoms with Gasteiger partial charge in [0, 0.05) is 24.1 Å². The minimum Gasteiger partial charge on any atom is -0.469 e. The highest BCUT2D eigenvalue weighted by Gasteiger charge is 2.18. The van der Waals surface area contributed by atoms with Crippen LogP contribution < -0.4 is 5.32 Å². The van der Waals surface area contributed by atoms with Gasteiger partial charge in [0.2, 0.25) is 5.91 Å². The monoisotopic (exact) mass is 340 g/mol. The van der Waals surface area contributed by atoms with Crippen molar-refractivity contribution in [3.8, 4) is 0 Å². The molecule has 0 aliphatic heterocycles. The van der Waals surface area contributed by atoms with Gasteiger partial charge in [-0.05, 0) is 42.0 Å². The van der Waals surface area contributed by atoms with Crippen molar-refractivity contribution >= 4 is 17.5 Å². The number of amides is 1. The third-order valence-electron chi connectivity index (χ3n) is 3.65. The predicted molar refractivity (Wildman–Crippen MR) is 92.7 cm³/mol. The Morgan fingerprint density at radius 3 is 2.79 bits per heavy atom. The Morgan fingerprint density at radius 2 is 2.08 bits per heavy atom. The fourth-order valence-electron chi connectivity index (χ4n) is 2.49. The van der Waals surface area contributed by atoms with E-state index in [2.05, 4.69) is 10.3 Å². The molecule has 0 radical (unpaired) electrons. The first-order valence-electron chi connectivity index (χ1n) is 7.70. The largest absolute Gasteiger partial charge is 0.469 e. The molecule has 1 atom stereocenters. The average molecular weight is 341 g/mol. The lowest BCUT2D eigenvalue weighted by Crippen LogP contribution is -2.30. The molecule has 0 spiro atoms. The maximum Gasteiger partial charge on any atom is 0.221 e. The van der Waals surface area contributed by atoms with Gasteiger partial charge in [-0.25, -0.2) is 0 Å². The molecule has 1 amide bonds. The smallest absolute Gasteiger partial charge is 0.221 e. The van der Waals surface area contributed by atoms with Crippen LogP contribution in [-0.2, 0) is 11.2 Å². The maximum absolute atomic E-state index is 12.4. The summed E-state index contributed by atoms with van der Waals surface area (Å²) in [5.74, 6) is 0.726. The highest BCUT2D eigenvalue weighted by molar-refractivity contribution is 6.30. The van der Waals surface area contributed by atoms with Crippen molar-refractivity contribution in [1.29, 1.82) is 0 Å². The molecule has 0 saturated carbocycles. The van der Waals surface area contributed by atoms with Crippen LogP contribution in [0.5, 0.6) is 0 Å². The maximum atomic E-state index is 12.4. The van der Waals surface area contributed by atoms with Crippen LogP contribution in [0.3, 0.4) is 0 Å². The van der Waals surface area contributed by atoms with E-state index in [9.17, 15) is 4.79 Å². The van der Waals surface area contributed by atoms with E-state index >= 15 is 0 Å². The summed E-state index contributed by atoms with van der Waals surface area (Å²) >= 11 is 6.10. The quantitative estimate of drug-likeness (QED) is 0.732. The van der Waals surface area contributed by atoms with Crippen molar-refractivity contribution in [2.75, 3.05) is 0 Å². The molecule has 2 aromatic heterocycles. The predicted octanol–water partition coefficient (Wildman–Crippen LogP) is 4.17. The second kappa shape index (κ2) is 7.79. The van der Waals surface area contributed by atoms with Crippen LogP contribution in [0.1, 0.15) is 29.5 Å². The Balaban J connectivity index is 1.76. The number of furan rings is 1. The van der Waals surface area contributed by atoms with Gasteiger partial charge < -0.3 is 9.73 Å². The minimum absolute atomic E-state index is 0.0676. The number of aromatic nitrogens is 1. The van der Waals surface area contributed by atoms with E-state index in [0.29, 0.717) is 17.9 Å². The number of benzene rings is 1. The van der Waals surface area contributed by atoms with Crippen molar-refractivity contribution < 1.29 is 9.21 Å². The van der Waals surface area contributed by atoms with Crippen LogP contribution >= 0.6 is 11.6 Å². The molecule has 24 heavy (non-hydrogen) atoms. The Bertz CT molecular complexity index is 788. The van der Waals surface area contributed by atoms with Crippen molar-refractivity contribution in [3.63, 3.8) is 0 Å². The van der Waals surface area contributed by atoms with E-state index in [0.717, 1.165) is 17.0 Å². The zero-order chi connectivity index (χ0) is 16.8. The molecule has 1 N–H and O–H groups in total. The van der Waals surface area contributed by atoms with Gasteiger partial charge in [0.15, 0.2) is 0 Å². The van der Waals surface area contributed by atoms with Crippen LogP contribution in [0.25, 0.3) is 0 Å². The molecule has 2 heterocycles. The number of nitrogens with zero attached hydrogens (tertiary/aromatic N) is 1. The lowest BCUT2D eigenvalue weighted by Gasteiger charge is -2.19. The standard InChI is InChI=1S/C19H17ClN2O2/c20-15-6-3-5-14(13-15)19(17-8-1-2-11-21-17)22-18(23)10-9-16-7-4-12-24-16/h1-8,11-13,19H,9-10H2,(H,22,23)/t19-/m1/s1. The number of hydrogen-bond donors (Lipinski definition) is 1. The number of rotatable bonds is 6. The van der Waals surface area contributed by atoms with E-state index in [1.807, 2.05) is 48.5 Å². The first kappa shape index (κ1) is 16.3. The highest BCUT2D eigenvalue weighted by Crippen LogP contribution is 2.23. The summed E-state index contributed by atoms with van der Waals surface area (Å²) in [6, 6.07) is 16.4. The fourth-order valence-corrected chi connectivity index (χ4v) is 2.68. The number of halogens is 1. The molecule has 0 fully saturated rings. The summed E-state index contributed by atoms with van der Waals surface area (Å²) in [6.45, 7) is 0. The van der Waals surface area contributed by atoms with Gasteiger partial charge in [-0.1, -0.05) is 29.8 Å². The number of nitrogens with one attached hydrogen (secondary N) is 1. The van der Waals surface area contributed by atoms with Gasteiger partial charge in [0.05, 0.1) is 18.0 Å². The summed E-state index contributed by atoms with van der Waals surface area (Å²) in [5, 5.41) is 3.66. The van der Waals surface area contributed by atoms with Crippen molar-refractivity contribution in [2.24, 2.45) is 0 Å². The summed E-state index contributed by atoms with van der Waals surface area (Å²) in [6.07, 6.45) is 4.22. The summed E-state index contributed by atoms with van der Waals surface area (Å²) in [5.41, 5.74) is 1.67. The number of carbonyl (C=O) groups is 1. The molecule has 3 rings (SSSR count). The van der Waals surface area contributed by atoms with E-state index in [-0.39, 0.29) is 11.9 Å². The van der Waals surface area contributed by atoms with Crippen molar-refractivity contribution in [3.05, 3.63) is 89.1 Å². The molecule has 122 valence electrons. The third-order valence-corrected chi connectivity index (χ3v) is 3.88. The lowest BCUT2D eigenvalue weighted by atomic mass is 10.0. The van der Waals surface area contributed by atoms with E-state index < -0.39 is 0 Å². The highest BCUT2D eigenvalue weighted by atomic mass is 35.5. The third kappa shape index (κ3) is 4.24. The second-order valence-electron chi connectivity index (χ2n) is 5.39. The molecule has 4 nitrogen and oxygen atoms in total. The van der Waals surface area contributed by atoms with Crippen LogP contribution in [0, 0.1) is 0 Å². The van der Waals surface area contributed by atoms with Crippen LogP contribution in [0.15, 0.2) is 71.5 Å². The first-order chi connectivity index (χ1) is 11.7. The molecule has 0 unspecified atom stereocenters. The van der Waals surface area contributed by atoms with Gasteiger partial charge in [0.1, 0.15) is 5.76 Å². The second-order valence-corrected chi connectivity index (χ2v) is 5.83. The van der Waals surface area contributed by atoms with Gasteiger partial charge in [-0.15, -0.1) is 0 Å². The Labute approximate surface area is 145 Å². The van der Waals surface area contributed by atoms with E-state index in [4.69, 9.17) is 16.0 Å². The topological polar surface area (TPSA) is 55.1 Å². The Hall–Kier alpha value is -2.59. The molecule has 0 aliphatic carbocycles. The van der Waals surface area contributed by atoms with Gasteiger partial charge in [-0.3, -0.25) is 9.78 Å². The van der Waals surface area contributed by atoms with Crippen molar-refractivity contribution in [2.45, 2.75) is 18.9 Å².